The van der Waals surface area contributed by atoms with Crippen LogP contribution in [0.25, 0.3) is 10.9 Å². The number of hydrogen-bond donors (Lipinski definition) is 0. The molecule has 0 saturated carbocycles. The van der Waals surface area contributed by atoms with Crippen LogP contribution in [0.1, 0.15) is 17.3 Å². The number of benzene rings is 1. The van der Waals surface area contributed by atoms with Crippen LogP contribution in [0.15, 0.2) is 40.9 Å². The third-order valence-corrected chi connectivity index (χ3v) is 3.07. The summed E-state index contributed by atoms with van der Waals surface area (Å²) in [5, 5.41) is 8.99. The molecule has 0 aliphatic carbocycles. The smallest absolute Gasteiger partial charge is 0.230 e. The van der Waals surface area contributed by atoms with Gasteiger partial charge < -0.3 is 4.42 Å². The molecule has 0 atom stereocenters. The summed E-state index contributed by atoms with van der Waals surface area (Å²) < 4.78 is 5.38. The molecule has 0 radical (unpaired) electrons. The Hall–Kier alpha value is -2.27. The maximum Gasteiger partial charge on any atom is 0.230 e. The van der Waals surface area contributed by atoms with Crippen molar-refractivity contribution >= 4 is 10.9 Å². The lowest BCUT2D eigenvalue weighted by molar-refractivity contribution is 0.278. The lowest BCUT2D eigenvalue weighted by Crippen LogP contribution is -2.17. The summed E-state index contributed by atoms with van der Waals surface area (Å²) in [5.41, 5.74) is 2.19. The van der Waals surface area contributed by atoms with E-state index in [1.807, 2.05) is 31.4 Å². The first-order chi connectivity index (χ1) is 9.70. The molecule has 3 aromatic rings. The fourth-order valence-electron chi connectivity index (χ4n) is 2.20. The molecule has 0 amide bonds. The maximum absolute atomic E-state index is 5.38. The molecule has 2 aromatic heterocycles. The number of aryl methyl sites for hydroxylation is 1. The molecule has 0 N–H and O–H groups in total. The zero-order valence-corrected chi connectivity index (χ0v) is 11.6. The van der Waals surface area contributed by atoms with E-state index in [1.54, 1.807) is 6.92 Å². The number of aromatic nitrogens is 3. The molecule has 0 bridgehead atoms. The molecule has 5 nitrogen and oxygen atoms in total. The van der Waals surface area contributed by atoms with Crippen LogP contribution in [0.5, 0.6) is 0 Å². The predicted octanol–water partition coefficient (Wildman–Crippen LogP) is 2.56. The summed E-state index contributed by atoms with van der Waals surface area (Å²) >= 11 is 0. The third kappa shape index (κ3) is 2.83. The summed E-state index contributed by atoms with van der Waals surface area (Å²) in [6.45, 7) is 3.22. The number of fused-ring (bicyclic) bond motifs is 1. The summed E-state index contributed by atoms with van der Waals surface area (Å²) in [6, 6.07) is 10.3. The van der Waals surface area contributed by atoms with Crippen LogP contribution in [0.4, 0.5) is 0 Å². The van der Waals surface area contributed by atoms with Crippen LogP contribution in [0, 0.1) is 6.92 Å². The van der Waals surface area contributed by atoms with Crippen molar-refractivity contribution in [2.45, 2.75) is 20.0 Å². The van der Waals surface area contributed by atoms with E-state index in [0.717, 1.165) is 17.4 Å². The van der Waals surface area contributed by atoms with Crippen molar-refractivity contribution in [3.8, 4) is 0 Å². The number of hydrogen-bond acceptors (Lipinski definition) is 5. The zero-order valence-electron chi connectivity index (χ0n) is 11.6. The number of rotatable bonds is 4. The molecular formula is C15H16N4O. The Labute approximate surface area is 117 Å². The van der Waals surface area contributed by atoms with E-state index in [1.165, 1.54) is 5.56 Å². The van der Waals surface area contributed by atoms with Gasteiger partial charge >= 0.3 is 0 Å². The van der Waals surface area contributed by atoms with Crippen molar-refractivity contribution in [2.75, 3.05) is 7.05 Å². The van der Waals surface area contributed by atoms with E-state index in [2.05, 4.69) is 32.2 Å². The summed E-state index contributed by atoms with van der Waals surface area (Å²) in [5.74, 6) is 1.24. The van der Waals surface area contributed by atoms with E-state index >= 15 is 0 Å². The van der Waals surface area contributed by atoms with Crippen LogP contribution in [0.3, 0.4) is 0 Å². The molecule has 0 fully saturated rings. The van der Waals surface area contributed by atoms with Gasteiger partial charge in [-0.05, 0) is 24.7 Å². The van der Waals surface area contributed by atoms with Gasteiger partial charge in [-0.15, -0.1) is 10.2 Å². The van der Waals surface area contributed by atoms with E-state index in [-0.39, 0.29) is 0 Å². The largest absolute Gasteiger partial charge is 0.424 e. The molecule has 1 aromatic carbocycles. The van der Waals surface area contributed by atoms with Gasteiger partial charge in [-0.2, -0.15) is 0 Å². The minimum Gasteiger partial charge on any atom is -0.424 e. The van der Waals surface area contributed by atoms with Gasteiger partial charge in [0.1, 0.15) is 0 Å². The average molecular weight is 268 g/mol. The lowest BCUT2D eigenvalue weighted by atomic mass is 10.1. The molecule has 5 heteroatoms. The van der Waals surface area contributed by atoms with Gasteiger partial charge in [0.05, 0.1) is 12.1 Å². The van der Waals surface area contributed by atoms with Gasteiger partial charge in [-0.25, -0.2) is 0 Å². The molecule has 2 heterocycles. The molecule has 0 unspecified atom stereocenters. The maximum atomic E-state index is 5.38. The van der Waals surface area contributed by atoms with E-state index in [9.17, 15) is 0 Å². The first kappa shape index (κ1) is 12.7. The summed E-state index contributed by atoms with van der Waals surface area (Å²) in [7, 11) is 2.02. The molecular weight excluding hydrogens is 252 g/mol. The Morgan fingerprint density at radius 3 is 2.80 bits per heavy atom. The van der Waals surface area contributed by atoms with Crippen molar-refractivity contribution in [1.29, 1.82) is 0 Å². The molecule has 0 spiro atoms. The van der Waals surface area contributed by atoms with Crippen molar-refractivity contribution in [3.63, 3.8) is 0 Å². The molecule has 0 saturated heterocycles. The van der Waals surface area contributed by atoms with Crippen molar-refractivity contribution in [2.24, 2.45) is 0 Å². The van der Waals surface area contributed by atoms with Crippen molar-refractivity contribution in [3.05, 3.63) is 53.9 Å². The average Bonchev–Trinajstić information content (AvgIpc) is 2.83. The Balaban J connectivity index is 1.72. The normalized spacial score (nSPS) is 11.3. The van der Waals surface area contributed by atoms with Crippen LogP contribution < -0.4 is 0 Å². The highest BCUT2D eigenvalue weighted by Gasteiger charge is 2.08. The Morgan fingerprint density at radius 1 is 1.15 bits per heavy atom. The summed E-state index contributed by atoms with van der Waals surface area (Å²) in [4.78, 5) is 6.59. The van der Waals surface area contributed by atoms with Gasteiger partial charge in [0.2, 0.25) is 11.8 Å². The second-order valence-corrected chi connectivity index (χ2v) is 4.92. The van der Waals surface area contributed by atoms with E-state index in [0.29, 0.717) is 18.3 Å². The minimum atomic E-state index is 0.598. The molecule has 102 valence electrons. The summed E-state index contributed by atoms with van der Waals surface area (Å²) in [6.07, 6.45) is 1.91. The Kier molecular flexibility index (Phi) is 3.43. The van der Waals surface area contributed by atoms with Crippen molar-refractivity contribution in [1.82, 2.24) is 20.1 Å². The predicted molar refractivity (Wildman–Crippen MR) is 75.9 cm³/mol. The van der Waals surface area contributed by atoms with Crippen molar-refractivity contribution < 1.29 is 4.42 Å². The molecule has 3 rings (SSSR count). The quantitative estimate of drug-likeness (QED) is 0.728. The number of para-hydroxylation sites is 1. The highest BCUT2D eigenvalue weighted by atomic mass is 16.4. The lowest BCUT2D eigenvalue weighted by Gasteiger charge is -2.14. The minimum absolute atomic E-state index is 0.598. The van der Waals surface area contributed by atoms with Crippen LogP contribution in [0.2, 0.25) is 0 Å². The van der Waals surface area contributed by atoms with Crippen LogP contribution >= 0.6 is 0 Å². The van der Waals surface area contributed by atoms with Gasteiger partial charge in [0.15, 0.2) is 0 Å². The van der Waals surface area contributed by atoms with E-state index < -0.39 is 0 Å². The molecule has 0 aliphatic rings. The monoisotopic (exact) mass is 268 g/mol. The zero-order chi connectivity index (χ0) is 13.9. The highest BCUT2D eigenvalue weighted by molar-refractivity contribution is 5.78. The Morgan fingerprint density at radius 2 is 2.00 bits per heavy atom. The van der Waals surface area contributed by atoms with Crippen LogP contribution in [-0.4, -0.2) is 27.1 Å². The van der Waals surface area contributed by atoms with Crippen LogP contribution in [-0.2, 0) is 13.1 Å². The molecule has 0 aliphatic heterocycles. The molecule has 20 heavy (non-hydrogen) atoms. The number of nitrogens with zero attached hydrogens (tertiary/aromatic N) is 4. The van der Waals surface area contributed by atoms with Gasteiger partial charge in [-0.1, -0.05) is 18.2 Å². The second-order valence-electron chi connectivity index (χ2n) is 4.92. The second kappa shape index (κ2) is 5.38. The highest BCUT2D eigenvalue weighted by Crippen LogP contribution is 2.14. The van der Waals surface area contributed by atoms with Gasteiger partial charge in [0.25, 0.3) is 0 Å². The third-order valence-electron chi connectivity index (χ3n) is 3.07. The standard InChI is InChI=1S/C15H16N4O/c1-11-17-18-15(20-11)10-19(2)9-12-7-13-5-3-4-6-14(13)16-8-12/h3-8H,9-10H2,1-2H3. The number of pyridine rings is 1. The Bertz CT molecular complexity index is 722. The van der Waals surface area contributed by atoms with Gasteiger partial charge in [0, 0.05) is 25.1 Å². The fourth-order valence-corrected chi connectivity index (χ4v) is 2.20. The first-order valence-electron chi connectivity index (χ1n) is 6.52. The SMILES string of the molecule is Cc1nnc(CN(C)Cc2cnc3ccccc3c2)o1. The van der Waals surface area contributed by atoms with E-state index in [4.69, 9.17) is 4.42 Å². The van der Waals surface area contributed by atoms with Gasteiger partial charge in [-0.3, -0.25) is 9.88 Å². The topological polar surface area (TPSA) is 55.1 Å². The first-order valence-corrected chi connectivity index (χ1v) is 6.52. The fraction of sp³-hybridized carbons (Fsp3) is 0.267.